The second kappa shape index (κ2) is 3.77. The van der Waals surface area contributed by atoms with Gasteiger partial charge in [-0.25, -0.2) is 0 Å². The molecule has 3 atom stereocenters. The van der Waals surface area contributed by atoms with Crippen molar-refractivity contribution in [3.63, 3.8) is 0 Å². The standard InChI is InChI=1S/C9H15O.2CH3.Al/c1-6-5-9(4,10)8(3)7(6)2;;;/h7-8H,1,5H2,2-4H3;2*1H3;/q-1;;;+1. The normalized spacial score (nSPS) is 39.6. The molecule has 74 valence electrons. The van der Waals surface area contributed by atoms with E-state index in [0.29, 0.717) is 11.8 Å². The summed E-state index contributed by atoms with van der Waals surface area (Å²) >= 11 is -0.925. The molecule has 0 N–H and O–H groups in total. The molecular formula is C11H21AlO. The lowest BCUT2D eigenvalue weighted by atomic mass is 9.90. The summed E-state index contributed by atoms with van der Waals surface area (Å²) in [7, 11) is 0. The van der Waals surface area contributed by atoms with Crippen molar-refractivity contribution in [3.05, 3.63) is 12.2 Å². The minimum Gasteiger partial charge on any atom is -0.496 e. The molecule has 1 aliphatic rings. The highest BCUT2D eigenvalue weighted by atomic mass is 27.2. The fourth-order valence-corrected chi connectivity index (χ4v) is 3.72. The van der Waals surface area contributed by atoms with Gasteiger partial charge >= 0.3 is 14.5 Å². The molecule has 1 fully saturated rings. The van der Waals surface area contributed by atoms with Crippen LogP contribution >= 0.6 is 0 Å². The van der Waals surface area contributed by atoms with Gasteiger partial charge < -0.3 is 3.79 Å². The molecule has 0 amide bonds. The highest BCUT2D eigenvalue weighted by Crippen LogP contribution is 2.45. The van der Waals surface area contributed by atoms with Crippen molar-refractivity contribution in [2.24, 2.45) is 11.8 Å². The summed E-state index contributed by atoms with van der Waals surface area (Å²) in [6, 6.07) is 0. The molecule has 0 radical (unpaired) electrons. The van der Waals surface area contributed by atoms with E-state index in [9.17, 15) is 0 Å². The molecule has 2 heteroatoms. The molecule has 0 aromatic heterocycles. The first kappa shape index (κ1) is 11.3. The van der Waals surface area contributed by atoms with Gasteiger partial charge in [-0.2, -0.15) is 0 Å². The average molecular weight is 196 g/mol. The maximum Gasteiger partial charge on any atom is 0.454 e. The maximum absolute atomic E-state index is 6.13. The van der Waals surface area contributed by atoms with Crippen LogP contribution in [0.2, 0.25) is 11.6 Å². The van der Waals surface area contributed by atoms with Crippen LogP contribution in [0.5, 0.6) is 0 Å². The van der Waals surface area contributed by atoms with Crippen molar-refractivity contribution in [2.45, 2.75) is 44.4 Å². The third-order valence-electron chi connectivity index (χ3n) is 3.44. The first-order valence-electron chi connectivity index (χ1n) is 5.22. The van der Waals surface area contributed by atoms with E-state index in [1.807, 2.05) is 0 Å². The Bertz CT molecular complexity index is 212. The van der Waals surface area contributed by atoms with Crippen LogP contribution < -0.4 is 0 Å². The second-order valence-electron chi connectivity index (χ2n) is 4.89. The van der Waals surface area contributed by atoms with Crippen LogP contribution in [0.25, 0.3) is 0 Å². The van der Waals surface area contributed by atoms with Gasteiger partial charge in [-0.15, -0.1) is 0 Å². The van der Waals surface area contributed by atoms with Gasteiger partial charge in [0.1, 0.15) is 0 Å². The highest BCUT2D eigenvalue weighted by Gasteiger charge is 2.43. The van der Waals surface area contributed by atoms with E-state index < -0.39 is 14.5 Å². The van der Waals surface area contributed by atoms with Crippen molar-refractivity contribution >= 4 is 14.5 Å². The summed E-state index contributed by atoms with van der Waals surface area (Å²) < 4.78 is 6.13. The third kappa shape index (κ3) is 2.18. The van der Waals surface area contributed by atoms with Gasteiger partial charge in [0.2, 0.25) is 0 Å². The van der Waals surface area contributed by atoms with Crippen molar-refractivity contribution in [2.75, 3.05) is 0 Å². The highest BCUT2D eigenvalue weighted by molar-refractivity contribution is 6.48. The SMILES string of the molecule is C=C1CC(C)([O][Al]([CH3])[CH3])C(C)C1C. The monoisotopic (exact) mass is 196 g/mol. The molecule has 13 heavy (non-hydrogen) atoms. The average Bonchev–Trinajstić information content (AvgIpc) is 2.14. The lowest BCUT2D eigenvalue weighted by molar-refractivity contribution is 0.0464. The zero-order valence-corrected chi connectivity index (χ0v) is 10.7. The molecule has 1 nitrogen and oxygen atoms in total. The second-order valence-corrected chi connectivity index (χ2v) is 7.22. The minimum absolute atomic E-state index is 0.0802. The van der Waals surface area contributed by atoms with Gasteiger partial charge in [0.05, 0.1) is 0 Å². The number of hydrogen-bond acceptors (Lipinski definition) is 1. The minimum atomic E-state index is -0.925. The van der Waals surface area contributed by atoms with Gasteiger partial charge in [-0.1, -0.05) is 37.6 Å². The fourth-order valence-electron chi connectivity index (χ4n) is 2.34. The zero-order valence-electron chi connectivity index (χ0n) is 9.55. The molecule has 1 aliphatic carbocycles. The Labute approximate surface area is 86.9 Å². The van der Waals surface area contributed by atoms with Crippen LogP contribution in [-0.2, 0) is 3.79 Å². The quantitative estimate of drug-likeness (QED) is 0.486. The topological polar surface area (TPSA) is 9.23 Å². The first-order chi connectivity index (χ1) is 5.87. The molecular weight excluding hydrogens is 175 g/mol. The molecule has 0 saturated heterocycles. The lowest BCUT2D eigenvalue weighted by Crippen LogP contribution is -2.37. The molecule has 3 unspecified atom stereocenters. The molecule has 0 heterocycles. The van der Waals surface area contributed by atoms with Crippen molar-refractivity contribution in [1.29, 1.82) is 0 Å². The predicted octanol–water partition coefficient (Wildman–Crippen LogP) is 3.24. The van der Waals surface area contributed by atoms with Gasteiger partial charge in [0.25, 0.3) is 0 Å². The predicted molar refractivity (Wildman–Crippen MR) is 59.1 cm³/mol. The largest absolute Gasteiger partial charge is 0.496 e. The van der Waals surface area contributed by atoms with Gasteiger partial charge in [0, 0.05) is 5.60 Å². The zero-order chi connectivity index (χ0) is 10.2. The fraction of sp³-hybridized carbons (Fsp3) is 0.818. The van der Waals surface area contributed by atoms with Crippen LogP contribution in [0.4, 0.5) is 0 Å². The molecule has 0 aromatic carbocycles. The van der Waals surface area contributed by atoms with Crippen molar-refractivity contribution in [3.8, 4) is 0 Å². The van der Waals surface area contributed by atoms with E-state index >= 15 is 0 Å². The van der Waals surface area contributed by atoms with Gasteiger partial charge in [-0.05, 0) is 25.2 Å². The Morgan fingerprint density at radius 3 is 2.31 bits per heavy atom. The molecule has 1 saturated carbocycles. The van der Waals surface area contributed by atoms with E-state index in [-0.39, 0.29) is 5.60 Å². The van der Waals surface area contributed by atoms with Crippen LogP contribution in [0.15, 0.2) is 12.2 Å². The number of hydrogen-bond donors (Lipinski definition) is 0. The third-order valence-corrected chi connectivity index (χ3v) is 4.45. The van der Waals surface area contributed by atoms with Crippen LogP contribution in [0.3, 0.4) is 0 Å². The summed E-state index contributed by atoms with van der Waals surface area (Å²) in [5.41, 5.74) is 1.45. The first-order valence-corrected chi connectivity index (χ1v) is 8.00. The van der Waals surface area contributed by atoms with Crippen LogP contribution in [-0.4, -0.2) is 20.1 Å². The Morgan fingerprint density at radius 1 is 1.46 bits per heavy atom. The van der Waals surface area contributed by atoms with Crippen molar-refractivity contribution < 1.29 is 3.79 Å². The molecule has 1 rings (SSSR count). The Hall–Kier alpha value is 0.232. The lowest BCUT2D eigenvalue weighted by Gasteiger charge is -2.33. The summed E-state index contributed by atoms with van der Waals surface area (Å²) in [4.78, 5) is 0. The van der Waals surface area contributed by atoms with Crippen LogP contribution in [0.1, 0.15) is 27.2 Å². The van der Waals surface area contributed by atoms with Crippen molar-refractivity contribution in [1.82, 2.24) is 0 Å². The molecule has 0 spiro atoms. The summed E-state index contributed by atoms with van der Waals surface area (Å²) in [6.45, 7) is 10.9. The number of rotatable bonds is 2. The van der Waals surface area contributed by atoms with E-state index in [4.69, 9.17) is 3.79 Å². The van der Waals surface area contributed by atoms with E-state index in [0.717, 1.165) is 6.42 Å². The van der Waals surface area contributed by atoms with Gasteiger partial charge in [0.15, 0.2) is 0 Å². The van der Waals surface area contributed by atoms with E-state index in [1.165, 1.54) is 5.57 Å². The van der Waals surface area contributed by atoms with Crippen LogP contribution in [0, 0.1) is 11.8 Å². The molecule has 0 aliphatic heterocycles. The van der Waals surface area contributed by atoms with Gasteiger partial charge in [-0.3, -0.25) is 0 Å². The smallest absolute Gasteiger partial charge is 0.454 e. The Balaban J connectivity index is 2.75. The summed E-state index contributed by atoms with van der Waals surface area (Å²) in [5.74, 6) is 5.72. The summed E-state index contributed by atoms with van der Waals surface area (Å²) in [6.07, 6.45) is 1.06. The summed E-state index contributed by atoms with van der Waals surface area (Å²) in [5, 5.41) is 0. The maximum atomic E-state index is 6.13. The van der Waals surface area contributed by atoms with E-state index in [2.05, 4.69) is 38.9 Å². The molecule has 0 bridgehead atoms. The van der Waals surface area contributed by atoms with E-state index in [1.54, 1.807) is 0 Å². The Morgan fingerprint density at radius 2 is 2.00 bits per heavy atom. The Kier molecular flexibility index (Phi) is 3.28. The molecule has 0 aromatic rings.